The van der Waals surface area contributed by atoms with Crippen LogP contribution < -0.4 is 5.32 Å². The number of hydrogen-bond donors (Lipinski definition) is 1. The van der Waals surface area contributed by atoms with Gasteiger partial charge in [-0.3, -0.25) is 9.59 Å². The highest BCUT2D eigenvalue weighted by atomic mass is 32.2. The second-order valence-corrected chi connectivity index (χ2v) is 9.61. The summed E-state index contributed by atoms with van der Waals surface area (Å²) < 4.78 is 31.8. The molecule has 0 radical (unpaired) electrons. The Morgan fingerprint density at radius 3 is 2.31 bits per heavy atom. The number of nitrogens with zero attached hydrogens (tertiary/aromatic N) is 1. The molecule has 7 nitrogen and oxygen atoms in total. The number of likely N-dealkylation sites (tertiary alicyclic amines) is 1. The Hall–Kier alpha value is -2.61. The lowest BCUT2D eigenvalue weighted by Gasteiger charge is -2.19. The molecule has 2 aromatic rings. The molecule has 1 aliphatic heterocycles. The van der Waals surface area contributed by atoms with Crippen molar-refractivity contribution in [2.45, 2.75) is 42.8 Å². The second-order valence-electron chi connectivity index (χ2n) is 7.48. The van der Waals surface area contributed by atoms with Gasteiger partial charge in [-0.1, -0.05) is 26.0 Å². The zero-order valence-electron chi connectivity index (χ0n) is 16.6. The van der Waals surface area contributed by atoms with E-state index in [1.165, 1.54) is 11.2 Å². The fraction of sp³-hybridized carbons (Fsp3) is 0.429. The Bertz CT molecular complexity index is 943. The molecule has 1 N–H and O–H groups in total. The Kier molecular flexibility index (Phi) is 6.42. The molecule has 1 fully saturated rings. The van der Waals surface area contributed by atoms with Crippen LogP contribution in [0.5, 0.6) is 0 Å². The zero-order valence-corrected chi connectivity index (χ0v) is 17.4. The van der Waals surface area contributed by atoms with Gasteiger partial charge in [-0.25, -0.2) is 8.42 Å². The molecule has 1 aliphatic rings. The molecule has 0 bridgehead atoms. The van der Waals surface area contributed by atoms with E-state index in [1.807, 2.05) is 13.8 Å². The fourth-order valence-corrected chi connectivity index (χ4v) is 4.96. The first-order chi connectivity index (χ1) is 13.8. The summed E-state index contributed by atoms with van der Waals surface area (Å²) in [6.07, 6.45) is 3.13. The Balaban J connectivity index is 1.80. The van der Waals surface area contributed by atoms with E-state index in [-0.39, 0.29) is 23.1 Å². The zero-order chi connectivity index (χ0) is 21.0. The quantitative estimate of drug-likeness (QED) is 0.728. The smallest absolute Gasteiger partial charge is 0.311 e. The molecule has 1 aromatic carbocycles. The van der Waals surface area contributed by atoms with Crippen molar-refractivity contribution in [1.29, 1.82) is 0 Å². The lowest BCUT2D eigenvalue weighted by atomic mass is 10.0. The van der Waals surface area contributed by atoms with Crippen LogP contribution in [0.25, 0.3) is 0 Å². The van der Waals surface area contributed by atoms with Crippen LogP contribution in [-0.2, 0) is 19.4 Å². The number of benzene rings is 1. The molecule has 156 valence electrons. The highest BCUT2D eigenvalue weighted by Gasteiger charge is 2.33. The number of furan rings is 1. The third kappa shape index (κ3) is 4.70. The largest absolute Gasteiger partial charge is 0.468 e. The highest BCUT2D eigenvalue weighted by Crippen LogP contribution is 2.30. The number of hydrogen-bond acceptors (Lipinski definition) is 5. The van der Waals surface area contributed by atoms with Crippen LogP contribution in [0, 0.1) is 0 Å². The van der Waals surface area contributed by atoms with Gasteiger partial charge in [-0.15, -0.1) is 0 Å². The summed E-state index contributed by atoms with van der Waals surface area (Å²) in [5.74, 6) is -0.927. The van der Waals surface area contributed by atoms with E-state index in [4.69, 9.17) is 4.42 Å². The molecule has 1 atom stereocenters. The Morgan fingerprint density at radius 1 is 1.10 bits per heavy atom. The first-order valence-electron chi connectivity index (χ1n) is 9.75. The molecule has 2 heterocycles. The predicted octanol–water partition coefficient (Wildman–Crippen LogP) is 2.66. The van der Waals surface area contributed by atoms with Gasteiger partial charge in [0, 0.05) is 19.6 Å². The maximum absolute atomic E-state index is 13.2. The summed E-state index contributed by atoms with van der Waals surface area (Å²) in [6.45, 7) is 4.91. The van der Waals surface area contributed by atoms with Crippen LogP contribution >= 0.6 is 0 Å². The van der Waals surface area contributed by atoms with Crippen molar-refractivity contribution in [3.8, 4) is 0 Å². The molecular weight excluding hydrogens is 392 g/mol. The molecule has 0 spiro atoms. The van der Waals surface area contributed by atoms with Gasteiger partial charge in [-0.2, -0.15) is 0 Å². The van der Waals surface area contributed by atoms with E-state index >= 15 is 0 Å². The molecule has 8 heteroatoms. The van der Waals surface area contributed by atoms with Crippen LogP contribution in [0.4, 0.5) is 0 Å². The van der Waals surface area contributed by atoms with Crippen LogP contribution in [0.3, 0.4) is 0 Å². The molecule has 1 saturated heterocycles. The standard InChI is InChI=1S/C21H26N2O5S/c1-15(2)16-7-9-17(10-8-16)29(26,27)19(18-6-5-13-28-18)14-22-20(24)21(25)23-11-3-4-12-23/h5-10,13,15,19H,3-4,11-12,14H2,1-2H3,(H,22,24)/t19-/m0/s1. The molecule has 29 heavy (non-hydrogen) atoms. The van der Waals surface area contributed by atoms with Crippen molar-refractivity contribution in [3.63, 3.8) is 0 Å². The van der Waals surface area contributed by atoms with Crippen molar-refractivity contribution in [2.24, 2.45) is 0 Å². The van der Waals surface area contributed by atoms with Gasteiger partial charge in [0.05, 0.1) is 11.2 Å². The van der Waals surface area contributed by atoms with Crippen molar-refractivity contribution in [3.05, 3.63) is 54.0 Å². The lowest BCUT2D eigenvalue weighted by Crippen LogP contribution is -2.43. The molecular formula is C21H26N2O5S. The number of rotatable bonds is 6. The molecule has 0 saturated carbocycles. The van der Waals surface area contributed by atoms with Crippen molar-refractivity contribution >= 4 is 21.7 Å². The van der Waals surface area contributed by atoms with E-state index in [9.17, 15) is 18.0 Å². The van der Waals surface area contributed by atoms with Gasteiger partial charge < -0.3 is 14.6 Å². The minimum Gasteiger partial charge on any atom is -0.468 e. The number of carbonyl (C=O) groups is 2. The molecule has 0 unspecified atom stereocenters. The topological polar surface area (TPSA) is 96.7 Å². The van der Waals surface area contributed by atoms with Crippen LogP contribution in [0.2, 0.25) is 0 Å². The van der Waals surface area contributed by atoms with Crippen molar-refractivity contribution < 1.29 is 22.4 Å². The molecule has 1 aromatic heterocycles. The van der Waals surface area contributed by atoms with Gasteiger partial charge in [0.1, 0.15) is 11.0 Å². The summed E-state index contributed by atoms with van der Waals surface area (Å²) in [5.41, 5.74) is 1.03. The average Bonchev–Trinajstić information content (AvgIpc) is 3.41. The number of nitrogens with one attached hydrogen (secondary N) is 1. The van der Waals surface area contributed by atoms with Gasteiger partial charge in [-0.05, 0) is 48.6 Å². The predicted molar refractivity (Wildman–Crippen MR) is 108 cm³/mol. The molecule has 3 rings (SSSR count). The van der Waals surface area contributed by atoms with Crippen molar-refractivity contribution in [2.75, 3.05) is 19.6 Å². The first kappa shape index (κ1) is 21.1. The van der Waals surface area contributed by atoms with Crippen LogP contribution in [0.15, 0.2) is 52.0 Å². The summed E-state index contributed by atoms with van der Waals surface area (Å²) in [7, 11) is -3.84. The van der Waals surface area contributed by atoms with E-state index in [0.29, 0.717) is 13.1 Å². The number of sulfone groups is 1. The Labute approximate surface area is 171 Å². The minimum absolute atomic E-state index is 0.142. The van der Waals surface area contributed by atoms with Gasteiger partial charge >= 0.3 is 11.8 Å². The molecule has 0 aliphatic carbocycles. The highest BCUT2D eigenvalue weighted by molar-refractivity contribution is 7.91. The third-order valence-electron chi connectivity index (χ3n) is 5.15. The van der Waals surface area contributed by atoms with E-state index in [1.54, 1.807) is 36.4 Å². The summed E-state index contributed by atoms with van der Waals surface area (Å²) >= 11 is 0. The SMILES string of the molecule is CC(C)c1ccc(S(=O)(=O)[C@@H](CNC(=O)C(=O)N2CCCC2)c2ccco2)cc1. The summed E-state index contributed by atoms with van der Waals surface area (Å²) in [6, 6.07) is 9.85. The second kappa shape index (κ2) is 8.82. The third-order valence-corrected chi connectivity index (χ3v) is 7.22. The van der Waals surface area contributed by atoms with Gasteiger partial charge in [0.25, 0.3) is 0 Å². The lowest BCUT2D eigenvalue weighted by molar-refractivity contribution is -0.145. The van der Waals surface area contributed by atoms with Crippen molar-refractivity contribution in [1.82, 2.24) is 10.2 Å². The average molecular weight is 419 g/mol. The van der Waals surface area contributed by atoms with Gasteiger partial charge in [0.15, 0.2) is 9.84 Å². The molecule has 2 amide bonds. The Morgan fingerprint density at radius 2 is 1.76 bits per heavy atom. The summed E-state index contributed by atoms with van der Waals surface area (Å²) in [5, 5.41) is 1.36. The normalized spacial score (nSPS) is 15.5. The minimum atomic E-state index is -3.84. The number of amides is 2. The van der Waals surface area contributed by atoms with E-state index < -0.39 is 26.9 Å². The monoisotopic (exact) mass is 418 g/mol. The van der Waals surface area contributed by atoms with Crippen LogP contribution in [0.1, 0.15) is 49.2 Å². The summed E-state index contributed by atoms with van der Waals surface area (Å²) in [4.78, 5) is 26.1. The van der Waals surface area contributed by atoms with Gasteiger partial charge in [0.2, 0.25) is 0 Å². The first-order valence-corrected chi connectivity index (χ1v) is 11.3. The fourth-order valence-electron chi connectivity index (χ4n) is 3.37. The maximum Gasteiger partial charge on any atom is 0.311 e. The van der Waals surface area contributed by atoms with E-state index in [0.717, 1.165) is 18.4 Å². The maximum atomic E-state index is 13.2. The van der Waals surface area contributed by atoms with E-state index in [2.05, 4.69) is 5.32 Å². The van der Waals surface area contributed by atoms with Crippen LogP contribution in [-0.4, -0.2) is 44.8 Å². The number of carbonyl (C=O) groups excluding carboxylic acids is 2.